The maximum atomic E-state index is 12.8. The van der Waals surface area contributed by atoms with Crippen LogP contribution in [0.4, 0.5) is 0 Å². The fourth-order valence-corrected chi connectivity index (χ4v) is 7.17. The molecule has 1 atom stereocenters. The van der Waals surface area contributed by atoms with Crippen LogP contribution in [0.1, 0.15) is 239 Å². The SMILES string of the molecule is CC\C=C/C=C\C=C/C=C\C=C\C=C/CCCCCC(=O)OCC(COC(=O)CCCCC/C=C\CCCCCCCC)OC(=O)CCCCCCCCC/C=C\CCCCCCCC. The number of hydrogen-bond donors (Lipinski definition) is 0. The summed E-state index contributed by atoms with van der Waals surface area (Å²) in [7, 11) is 0. The standard InChI is InChI=1S/C59H98O6/c1-4-7-10-13-16-19-22-25-27-29-31-34-37-40-43-46-49-52-58(61)64-55-56(54-63-57(60)51-48-45-42-39-36-33-24-21-18-15-12-9-6-3)65-59(62)53-50-47-44-41-38-35-32-30-28-26-23-20-17-14-11-8-5-2/h7,10,13,16,19,22,25-29,31,33-34,36-37,56H,4-6,8-9,11-12,14-15,17-18,20-21,23-24,30,32,35,38-55H2,1-3H3/b10-7-,16-13-,22-19-,27-25-,28-26-,31-29+,36-33-,37-34-. The minimum atomic E-state index is -0.805. The molecule has 0 aliphatic carbocycles. The van der Waals surface area contributed by atoms with Crippen LogP contribution in [-0.2, 0) is 28.6 Å². The van der Waals surface area contributed by atoms with E-state index < -0.39 is 6.10 Å². The molecule has 6 nitrogen and oxygen atoms in total. The van der Waals surface area contributed by atoms with Gasteiger partial charge in [0.05, 0.1) is 0 Å². The van der Waals surface area contributed by atoms with Crippen LogP contribution in [0.5, 0.6) is 0 Å². The molecule has 370 valence electrons. The summed E-state index contributed by atoms with van der Waals surface area (Å²) in [5.41, 5.74) is 0. The third-order valence-corrected chi connectivity index (χ3v) is 11.2. The number of ether oxygens (including phenoxy) is 3. The minimum absolute atomic E-state index is 0.102. The highest BCUT2D eigenvalue weighted by molar-refractivity contribution is 5.71. The van der Waals surface area contributed by atoms with E-state index >= 15 is 0 Å². The Morgan fingerprint density at radius 1 is 0.323 bits per heavy atom. The summed E-state index contributed by atoms with van der Waals surface area (Å²) in [6.45, 7) is 6.42. The van der Waals surface area contributed by atoms with Gasteiger partial charge in [0.1, 0.15) is 13.2 Å². The number of rotatable bonds is 47. The smallest absolute Gasteiger partial charge is 0.306 e. The molecule has 0 rings (SSSR count). The van der Waals surface area contributed by atoms with Gasteiger partial charge in [-0.2, -0.15) is 0 Å². The van der Waals surface area contributed by atoms with Crippen LogP contribution in [0.2, 0.25) is 0 Å². The Labute approximate surface area is 400 Å². The lowest BCUT2D eigenvalue weighted by Crippen LogP contribution is -2.30. The summed E-state index contributed by atoms with van der Waals surface area (Å²) in [5.74, 6) is -0.967. The molecule has 65 heavy (non-hydrogen) atoms. The third-order valence-electron chi connectivity index (χ3n) is 11.2. The van der Waals surface area contributed by atoms with E-state index in [1.165, 1.54) is 116 Å². The van der Waals surface area contributed by atoms with E-state index in [0.29, 0.717) is 19.3 Å². The molecule has 0 aromatic rings. The van der Waals surface area contributed by atoms with Gasteiger partial charge < -0.3 is 14.2 Å². The molecule has 6 heteroatoms. The number of unbranched alkanes of at least 4 members (excludes halogenated alkanes) is 25. The molecule has 0 aliphatic rings. The number of allylic oxidation sites excluding steroid dienone is 16. The van der Waals surface area contributed by atoms with Gasteiger partial charge in [-0.25, -0.2) is 0 Å². The van der Waals surface area contributed by atoms with Crippen LogP contribution in [0.3, 0.4) is 0 Å². The second-order valence-corrected chi connectivity index (χ2v) is 17.5. The average molecular weight is 903 g/mol. The van der Waals surface area contributed by atoms with Crippen LogP contribution < -0.4 is 0 Å². The fourth-order valence-electron chi connectivity index (χ4n) is 7.17. The summed E-state index contributed by atoms with van der Waals surface area (Å²) < 4.78 is 16.8. The molecule has 1 unspecified atom stereocenters. The third kappa shape index (κ3) is 51.2. The minimum Gasteiger partial charge on any atom is -0.462 e. The van der Waals surface area contributed by atoms with Crippen LogP contribution in [0, 0.1) is 0 Å². The second kappa shape index (κ2) is 52.9. The lowest BCUT2D eigenvalue weighted by molar-refractivity contribution is -0.167. The van der Waals surface area contributed by atoms with Crippen molar-refractivity contribution in [3.05, 3.63) is 97.2 Å². The second-order valence-electron chi connectivity index (χ2n) is 17.5. The van der Waals surface area contributed by atoms with Gasteiger partial charge in [0.2, 0.25) is 0 Å². The molecule has 0 fully saturated rings. The highest BCUT2D eigenvalue weighted by Gasteiger charge is 2.19. The highest BCUT2D eigenvalue weighted by Crippen LogP contribution is 2.14. The number of carbonyl (C=O) groups is 3. The topological polar surface area (TPSA) is 78.9 Å². The van der Waals surface area contributed by atoms with Gasteiger partial charge in [0.25, 0.3) is 0 Å². The molecule has 0 heterocycles. The maximum Gasteiger partial charge on any atom is 0.306 e. The molecule has 0 aromatic heterocycles. The molecule has 0 radical (unpaired) electrons. The van der Waals surface area contributed by atoms with Crippen molar-refractivity contribution in [3.63, 3.8) is 0 Å². The first kappa shape index (κ1) is 61.3. The van der Waals surface area contributed by atoms with Gasteiger partial charge >= 0.3 is 17.9 Å². The van der Waals surface area contributed by atoms with E-state index in [9.17, 15) is 14.4 Å². The predicted octanol–water partition coefficient (Wildman–Crippen LogP) is 17.8. The molecule has 0 N–H and O–H groups in total. The van der Waals surface area contributed by atoms with Gasteiger partial charge in [-0.15, -0.1) is 0 Å². The molecular formula is C59H98O6. The molecule has 0 saturated carbocycles. The van der Waals surface area contributed by atoms with E-state index in [2.05, 4.69) is 57.2 Å². The molecule has 0 aliphatic heterocycles. The molecule has 0 spiro atoms. The van der Waals surface area contributed by atoms with Crippen molar-refractivity contribution < 1.29 is 28.6 Å². The van der Waals surface area contributed by atoms with E-state index in [1.54, 1.807) is 0 Å². The molecule has 0 aromatic carbocycles. The van der Waals surface area contributed by atoms with Crippen molar-refractivity contribution in [3.8, 4) is 0 Å². The van der Waals surface area contributed by atoms with Gasteiger partial charge in [0.15, 0.2) is 6.10 Å². The van der Waals surface area contributed by atoms with E-state index in [-0.39, 0.29) is 31.1 Å². The lowest BCUT2D eigenvalue weighted by Gasteiger charge is -2.18. The van der Waals surface area contributed by atoms with Crippen molar-refractivity contribution >= 4 is 17.9 Å². The molecule has 0 amide bonds. The lowest BCUT2D eigenvalue weighted by atomic mass is 10.1. The Kier molecular flexibility index (Phi) is 50.0. The zero-order valence-electron chi connectivity index (χ0n) is 42.2. The Hall–Kier alpha value is -3.67. The van der Waals surface area contributed by atoms with Gasteiger partial charge in [-0.3, -0.25) is 14.4 Å². The zero-order valence-corrected chi connectivity index (χ0v) is 42.2. The van der Waals surface area contributed by atoms with Crippen molar-refractivity contribution in [2.24, 2.45) is 0 Å². The Bertz CT molecular complexity index is 1310. The van der Waals surface area contributed by atoms with Crippen molar-refractivity contribution in [1.82, 2.24) is 0 Å². The summed E-state index contributed by atoms with van der Waals surface area (Å²) in [6.07, 6.45) is 69.6. The first-order chi connectivity index (χ1) is 32.0. The summed E-state index contributed by atoms with van der Waals surface area (Å²) >= 11 is 0. The number of hydrogen-bond acceptors (Lipinski definition) is 6. The van der Waals surface area contributed by atoms with Crippen LogP contribution in [0.25, 0.3) is 0 Å². The zero-order chi connectivity index (χ0) is 47.2. The quantitative estimate of drug-likeness (QED) is 0.0199. The van der Waals surface area contributed by atoms with Crippen LogP contribution in [0.15, 0.2) is 97.2 Å². The monoisotopic (exact) mass is 903 g/mol. The fraction of sp³-hybridized carbons (Fsp3) is 0.678. The highest BCUT2D eigenvalue weighted by atomic mass is 16.6. The normalized spacial score (nSPS) is 12.8. The Morgan fingerprint density at radius 2 is 0.615 bits per heavy atom. The largest absolute Gasteiger partial charge is 0.462 e. The summed E-state index contributed by atoms with van der Waals surface area (Å²) in [5, 5.41) is 0. The van der Waals surface area contributed by atoms with Gasteiger partial charge in [0, 0.05) is 19.3 Å². The molecule has 0 bridgehead atoms. The summed E-state index contributed by atoms with van der Waals surface area (Å²) in [4.78, 5) is 38.0. The van der Waals surface area contributed by atoms with Gasteiger partial charge in [-0.1, -0.05) is 227 Å². The van der Waals surface area contributed by atoms with Gasteiger partial charge in [-0.05, 0) is 89.9 Å². The van der Waals surface area contributed by atoms with Crippen molar-refractivity contribution in [2.75, 3.05) is 13.2 Å². The van der Waals surface area contributed by atoms with Crippen molar-refractivity contribution in [1.29, 1.82) is 0 Å². The predicted molar refractivity (Wildman–Crippen MR) is 279 cm³/mol. The summed E-state index contributed by atoms with van der Waals surface area (Å²) in [6, 6.07) is 0. The van der Waals surface area contributed by atoms with E-state index in [0.717, 1.165) is 83.5 Å². The van der Waals surface area contributed by atoms with Crippen LogP contribution >= 0.6 is 0 Å². The molecule has 0 saturated heterocycles. The maximum absolute atomic E-state index is 12.8. The first-order valence-corrected chi connectivity index (χ1v) is 26.8. The number of carbonyl (C=O) groups excluding carboxylic acids is 3. The Balaban J connectivity index is 4.50. The average Bonchev–Trinajstić information content (AvgIpc) is 3.30. The van der Waals surface area contributed by atoms with E-state index in [1.807, 2.05) is 60.8 Å². The Morgan fingerprint density at radius 3 is 1.00 bits per heavy atom. The van der Waals surface area contributed by atoms with Crippen molar-refractivity contribution in [2.45, 2.75) is 245 Å². The van der Waals surface area contributed by atoms with E-state index in [4.69, 9.17) is 14.2 Å². The number of esters is 3. The molecular weight excluding hydrogens is 805 g/mol. The van der Waals surface area contributed by atoms with Crippen LogP contribution in [-0.4, -0.2) is 37.2 Å². The first-order valence-electron chi connectivity index (χ1n) is 26.8.